The number of rotatable bonds is 15. The van der Waals surface area contributed by atoms with Crippen LogP contribution >= 0.6 is 0 Å². The molecule has 3 N–H and O–H groups in total. The Morgan fingerprint density at radius 2 is 1.15 bits per heavy atom. The maximum Gasteiger partial charge on any atom is 0.0916 e. The molecule has 0 aliphatic carbocycles. The van der Waals surface area contributed by atoms with Gasteiger partial charge < -0.3 is 11.1 Å². The molecular formula is C18H38N2. The van der Waals surface area contributed by atoms with Crippen LogP contribution in [0, 0.1) is 0 Å². The zero-order valence-electron chi connectivity index (χ0n) is 14.1. The first-order chi connectivity index (χ1) is 9.81. The Morgan fingerprint density at radius 1 is 0.750 bits per heavy atom. The fourth-order valence-corrected chi connectivity index (χ4v) is 2.48. The summed E-state index contributed by atoms with van der Waals surface area (Å²) in [6, 6.07) is 0. The highest BCUT2D eigenvalue weighted by atomic mass is 15.0. The molecule has 0 atom stereocenters. The number of hydrogen-bond acceptors (Lipinski definition) is 2. The van der Waals surface area contributed by atoms with Gasteiger partial charge in [0.25, 0.3) is 0 Å². The third-order valence-electron chi connectivity index (χ3n) is 3.92. The zero-order chi connectivity index (χ0) is 14.9. The van der Waals surface area contributed by atoms with E-state index < -0.39 is 0 Å². The highest BCUT2D eigenvalue weighted by Crippen LogP contribution is 2.12. The average molecular weight is 283 g/mol. The van der Waals surface area contributed by atoms with Crippen molar-refractivity contribution in [2.45, 2.75) is 97.3 Å². The van der Waals surface area contributed by atoms with Gasteiger partial charge in [0, 0.05) is 6.54 Å². The van der Waals surface area contributed by atoms with Crippen LogP contribution in [0.4, 0.5) is 0 Å². The van der Waals surface area contributed by atoms with Crippen LogP contribution in [0.25, 0.3) is 0 Å². The predicted octanol–water partition coefficient (Wildman–Crippen LogP) is 5.49. The molecule has 120 valence electrons. The summed E-state index contributed by atoms with van der Waals surface area (Å²) in [7, 11) is 0. The van der Waals surface area contributed by atoms with E-state index in [4.69, 9.17) is 5.73 Å². The lowest BCUT2D eigenvalue weighted by Gasteiger charge is -2.05. The SMILES string of the molecule is CC=C(N)NCCCCCCCCCCCCCCC. The smallest absolute Gasteiger partial charge is 0.0916 e. The Bertz CT molecular complexity index is 211. The third kappa shape index (κ3) is 15.4. The van der Waals surface area contributed by atoms with Crippen LogP contribution in [0.15, 0.2) is 11.9 Å². The van der Waals surface area contributed by atoms with Crippen LogP contribution in [-0.2, 0) is 0 Å². The summed E-state index contributed by atoms with van der Waals surface area (Å²) in [5, 5.41) is 3.21. The van der Waals surface area contributed by atoms with Crippen molar-refractivity contribution in [2.24, 2.45) is 5.73 Å². The lowest BCUT2D eigenvalue weighted by atomic mass is 10.0. The second-order valence-electron chi connectivity index (χ2n) is 5.91. The molecule has 0 radical (unpaired) electrons. The van der Waals surface area contributed by atoms with Crippen LogP contribution in [-0.4, -0.2) is 6.54 Å². The standard InChI is InChI=1S/C18H38N2/c1-3-5-6-7-8-9-10-11-12-13-14-15-16-17-20-18(19)4-2/h4,20H,3,5-17,19H2,1-2H3. The molecule has 0 heterocycles. The van der Waals surface area contributed by atoms with Crippen molar-refractivity contribution in [3.63, 3.8) is 0 Å². The molecule has 0 aromatic rings. The molecule has 0 unspecified atom stereocenters. The Balaban J connectivity index is 2.99. The molecule has 0 aromatic carbocycles. The van der Waals surface area contributed by atoms with E-state index in [2.05, 4.69) is 12.2 Å². The van der Waals surface area contributed by atoms with E-state index in [0.29, 0.717) is 0 Å². The molecule has 0 amide bonds. The quantitative estimate of drug-likeness (QED) is 0.390. The highest BCUT2D eigenvalue weighted by molar-refractivity contribution is 4.89. The normalized spacial score (nSPS) is 11.8. The summed E-state index contributed by atoms with van der Waals surface area (Å²) in [6.07, 6.45) is 20.2. The van der Waals surface area contributed by atoms with E-state index in [1.165, 1.54) is 83.5 Å². The number of nitrogens with one attached hydrogen (secondary N) is 1. The van der Waals surface area contributed by atoms with E-state index in [9.17, 15) is 0 Å². The van der Waals surface area contributed by atoms with Gasteiger partial charge in [0.2, 0.25) is 0 Å². The Morgan fingerprint density at radius 3 is 1.55 bits per heavy atom. The van der Waals surface area contributed by atoms with Crippen molar-refractivity contribution in [1.82, 2.24) is 5.32 Å². The molecule has 2 heteroatoms. The minimum absolute atomic E-state index is 0.809. The molecule has 20 heavy (non-hydrogen) atoms. The second kappa shape index (κ2) is 16.4. The van der Waals surface area contributed by atoms with E-state index in [0.717, 1.165) is 12.4 Å². The Hall–Kier alpha value is -0.660. The van der Waals surface area contributed by atoms with Gasteiger partial charge in [0.05, 0.1) is 5.82 Å². The lowest BCUT2D eigenvalue weighted by molar-refractivity contribution is 0.536. The lowest BCUT2D eigenvalue weighted by Crippen LogP contribution is -2.20. The summed E-state index contributed by atoms with van der Waals surface area (Å²) in [5.74, 6) is 0.809. The largest absolute Gasteiger partial charge is 0.386 e. The fraction of sp³-hybridized carbons (Fsp3) is 0.889. The average Bonchev–Trinajstić information content (AvgIpc) is 2.47. The third-order valence-corrected chi connectivity index (χ3v) is 3.92. The van der Waals surface area contributed by atoms with Gasteiger partial charge in [-0.2, -0.15) is 0 Å². The monoisotopic (exact) mass is 282 g/mol. The fourth-order valence-electron chi connectivity index (χ4n) is 2.48. The molecule has 0 saturated carbocycles. The van der Waals surface area contributed by atoms with E-state index in [1.54, 1.807) is 0 Å². The molecule has 0 bridgehead atoms. The minimum Gasteiger partial charge on any atom is -0.386 e. The van der Waals surface area contributed by atoms with Crippen molar-refractivity contribution in [3.8, 4) is 0 Å². The number of allylic oxidation sites excluding steroid dienone is 1. The molecule has 0 fully saturated rings. The molecule has 0 rings (SSSR count). The van der Waals surface area contributed by atoms with Crippen molar-refractivity contribution in [1.29, 1.82) is 0 Å². The second-order valence-corrected chi connectivity index (χ2v) is 5.91. The Kier molecular flexibility index (Phi) is 15.9. The first kappa shape index (κ1) is 19.3. The van der Waals surface area contributed by atoms with Gasteiger partial charge in [-0.05, 0) is 19.4 Å². The van der Waals surface area contributed by atoms with Gasteiger partial charge in [0.1, 0.15) is 0 Å². The van der Waals surface area contributed by atoms with Crippen molar-refractivity contribution in [3.05, 3.63) is 11.9 Å². The number of nitrogens with two attached hydrogens (primary N) is 1. The summed E-state index contributed by atoms with van der Waals surface area (Å²) in [5.41, 5.74) is 5.67. The van der Waals surface area contributed by atoms with Crippen molar-refractivity contribution < 1.29 is 0 Å². The van der Waals surface area contributed by atoms with Crippen LogP contribution < -0.4 is 11.1 Å². The Labute approximate surface area is 127 Å². The number of unbranched alkanes of at least 4 members (excludes halogenated alkanes) is 12. The van der Waals surface area contributed by atoms with E-state index in [1.807, 2.05) is 13.0 Å². The summed E-state index contributed by atoms with van der Waals surface area (Å²) in [4.78, 5) is 0. The van der Waals surface area contributed by atoms with Crippen LogP contribution in [0.3, 0.4) is 0 Å². The molecular weight excluding hydrogens is 244 g/mol. The van der Waals surface area contributed by atoms with Gasteiger partial charge in [-0.15, -0.1) is 0 Å². The molecule has 2 nitrogen and oxygen atoms in total. The van der Waals surface area contributed by atoms with Gasteiger partial charge in [-0.3, -0.25) is 0 Å². The van der Waals surface area contributed by atoms with Gasteiger partial charge >= 0.3 is 0 Å². The summed E-state index contributed by atoms with van der Waals surface area (Å²) < 4.78 is 0. The molecule has 0 spiro atoms. The van der Waals surface area contributed by atoms with Gasteiger partial charge in [0.15, 0.2) is 0 Å². The summed E-state index contributed by atoms with van der Waals surface area (Å²) >= 11 is 0. The van der Waals surface area contributed by atoms with Crippen LogP contribution in [0.2, 0.25) is 0 Å². The van der Waals surface area contributed by atoms with Crippen LogP contribution in [0.1, 0.15) is 97.3 Å². The topological polar surface area (TPSA) is 38.0 Å². The molecule has 0 aliphatic rings. The van der Waals surface area contributed by atoms with Crippen LogP contribution in [0.5, 0.6) is 0 Å². The minimum atomic E-state index is 0.809. The predicted molar refractivity (Wildman–Crippen MR) is 91.6 cm³/mol. The van der Waals surface area contributed by atoms with Gasteiger partial charge in [-0.25, -0.2) is 0 Å². The molecule has 0 aliphatic heterocycles. The zero-order valence-corrected chi connectivity index (χ0v) is 14.1. The summed E-state index contributed by atoms with van der Waals surface area (Å²) in [6.45, 7) is 5.27. The molecule has 0 aromatic heterocycles. The van der Waals surface area contributed by atoms with Gasteiger partial charge in [-0.1, -0.05) is 84.0 Å². The maximum atomic E-state index is 5.67. The first-order valence-electron chi connectivity index (χ1n) is 8.97. The first-order valence-corrected chi connectivity index (χ1v) is 8.97. The molecule has 0 saturated heterocycles. The van der Waals surface area contributed by atoms with Crippen molar-refractivity contribution in [2.75, 3.05) is 6.54 Å². The van der Waals surface area contributed by atoms with E-state index >= 15 is 0 Å². The van der Waals surface area contributed by atoms with Crippen molar-refractivity contribution >= 4 is 0 Å². The number of hydrogen-bond donors (Lipinski definition) is 2. The maximum absolute atomic E-state index is 5.67. The highest BCUT2D eigenvalue weighted by Gasteiger charge is 1.94. The van der Waals surface area contributed by atoms with E-state index in [-0.39, 0.29) is 0 Å².